The molecular weight excluding hydrogens is 456 g/mol. The second-order valence-electron chi connectivity index (χ2n) is 7.74. The summed E-state index contributed by atoms with van der Waals surface area (Å²) in [6.07, 6.45) is 3.38. The first-order valence-corrected chi connectivity index (χ1v) is 11.0. The van der Waals surface area contributed by atoms with Crippen LogP contribution in [-0.2, 0) is 6.42 Å². The number of aromatic nitrogens is 5. The van der Waals surface area contributed by atoms with Crippen molar-refractivity contribution in [2.75, 3.05) is 12.4 Å². The van der Waals surface area contributed by atoms with Gasteiger partial charge in [-0.3, -0.25) is 14.9 Å². The number of carbonyl (C=O) groups excluding carboxylic acids is 2. The second-order valence-corrected chi connectivity index (χ2v) is 7.74. The zero-order chi connectivity index (χ0) is 24.9. The summed E-state index contributed by atoms with van der Waals surface area (Å²) in [5.41, 5.74) is 2.86. The second kappa shape index (κ2) is 9.95. The molecule has 0 unspecified atom stereocenters. The van der Waals surface area contributed by atoms with Gasteiger partial charge in [-0.25, -0.2) is 15.0 Å². The number of methoxy groups -OCH3 is 1. The summed E-state index contributed by atoms with van der Waals surface area (Å²) in [6.45, 7) is 0. The number of imidazole rings is 2. The predicted octanol–water partition coefficient (Wildman–Crippen LogP) is 3.77. The number of ether oxygens (including phenoxy) is 1. The van der Waals surface area contributed by atoms with Crippen molar-refractivity contribution in [3.8, 4) is 17.6 Å². The quantitative estimate of drug-likeness (QED) is 0.253. The van der Waals surface area contributed by atoms with Gasteiger partial charge in [0.05, 0.1) is 24.6 Å². The molecule has 176 valence electrons. The Bertz CT molecular complexity index is 1630. The number of nitrogens with one attached hydrogen (secondary N) is 3. The van der Waals surface area contributed by atoms with E-state index < -0.39 is 5.91 Å². The number of carbonyl (C=O) groups is 2. The summed E-state index contributed by atoms with van der Waals surface area (Å²) in [5, 5.41) is 2.71. The normalized spacial score (nSPS) is 10.5. The first kappa shape index (κ1) is 22.6. The van der Waals surface area contributed by atoms with E-state index in [1.165, 1.54) is 0 Å². The van der Waals surface area contributed by atoms with Crippen LogP contribution in [0.25, 0.3) is 11.0 Å². The lowest BCUT2D eigenvalue weighted by atomic mass is 10.1. The molecule has 0 aliphatic carbocycles. The van der Waals surface area contributed by atoms with Gasteiger partial charge in [0.15, 0.2) is 5.78 Å². The van der Waals surface area contributed by atoms with Crippen molar-refractivity contribution < 1.29 is 14.3 Å². The van der Waals surface area contributed by atoms with Crippen LogP contribution in [0, 0.1) is 11.8 Å². The van der Waals surface area contributed by atoms with E-state index >= 15 is 0 Å². The molecular formula is C27H20N6O3. The Morgan fingerprint density at radius 3 is 2.69 bits per heavy atom. The SMILES string of the molecule is COc1ccccc1C#Cc1cccc(C(=O)Nc2nc3c(C(=O)Cc4ncc[nH]4)cccc3[nH]2)n1. The number of para-hydroxylation sites is 2. The molecule has 0 bridgehead atoms. The van der Waals surface area contributed by atoms with Crippen LogP contribution in [-0.4, -0.2) is 43.7 Å². The van der Waals surface area contributed by atoms with Gasteiger partial charge >= 0.3 is 0 Å². The van der Waals surface area contributed by atoms with Crippen molar-refractivity contribution in [2.24, 2.45) is 0 Å². The standard InChI is InChI=1S/C27H20N6O3/c1-36-23-11-3-2-6-17(23)12-13-18-7-4-10-21(30-18)26(35)33-27-31-20-9-5-8-19(25(20)32-27)22(34)16-24-28-14-15-29-24/h2-11,14-15H,16H2,1H3,(H,28,29)(H2,31,32,33,35). The molecule has 0 aliphatic rings. The van der Waals surface area contributed by atoms with Gasteiger partial charge in [0.2, 0.25) is 5.95 Å². The van der Waals surface area contributed by atoms with E-state index in [1.54, 1.807) is 55.9 Å². The number of H-pyrrole nitrogens is 2. The predicted molar refractivity (Wildman–Crippen MR) is 134 cm³/mol. The van der Waals surface area contributed by atoms with Crippen molar-refractivity contribution >= 4 is 28.7 Å². The molecule has 3 heterocycles. The van der Waals surface area contributed by atoms with E-state index in [2.05, 4.69) is 42.1 Å². The van der Waals surface area contributed by atoms with Gasteiger partial charge in [-0.15, -0.1) is 0 Å². The number of hydrogen-bond acceptors (Lipinski definition) is 6. The largest absolute Gasteiger partial charge is 0.495 e. The fourth-order valence-corrected chi connectivity index (χ4v) is 3.64. The fraction of sp³-hybridized carbons (Fsp3) is 0.0741. The molecule has 5 aromatic rings. The number of fused-ring (bicyclic) bond motifs is 1. The van der Waals surface area contributed by atoms with Crippen molar-refractivity contribution in [1.29, 1.82) is 0 Å². The zero-order valence-corrected chi connectivity index (χ0v) is 19.2. The third-order valence-electron chi connectivity index (χ3n) is 5.34. The van der Waals surface area contributed by atoms with Gasteiger partial charge in [0.1, 0.15) is 28.5 Å². The molecule has 0 atom stereocenters. The number of nitrogens with zero attached hydrogens (tertiary/aromatic N) is 3. The van der Waals surface area contributed by atoms with Crippen molar-refractivity contribution in [3.63, 3.8) is 0 Å². The number of rotatable bonds is 6. The van der Waals surface area contributed by atoms with E-state index in [-0.39, 0.29) is 23.8 Å². The van der Waals surface area contributed by atoms with Crippen molar-refractivity contribution in [1.82, 2.24) is 24.9 Å². The molecule has 9 nitrogen and oxygen atoms in total. The molecule has 0 saturated carbocycles. The van der Waals surface area contributed by atoms with Crippen LogP contribution in [0.15, 0.2) is 73.1 Å². The maximum atomic E-state index is 12.9. The van der Waals surface area contributed by atoms with E-state index in [4.69, 9.17) is 4.74 Å². The molecule has 5 rings (SSSR count). The summed E-state index contributed by atoms with van der Waals surface area (Å²) >= 11 is 0. The molecule has 3 N–H and O–H groups in total. The first-order chi connectivity index (χ1) is 17.6. The maximum Gasteiger partial charge on any atom is 0.276 e. The van der Waals surface area contributed by atoms with Crippen LogP contribution in [0.4, 0.5) is 5.95 Å². The highest BCUT2D eigenvalue weighted by Crippen LogP contribution is 2.21. The zero-order valence-electron chi connectivity index (χ0n) is 19.2. The Balaban J connectivity index is 1.35. The molecule has 0 radical (unpaired) electrons. The van der Waals surface area contributed by atoms with Gasteiger partial charge in [-0.1, -0.05) is 30.2 Å². The monoisotopic (exact) mass is 476 g/mol. The van der Waals surface area contributed by atoms with Gasteiger partial charge in [0, 0.05) is 18.0 Å². The molecule has 0 fully saturated rings. The van der Waals surface area contributed by atoms with Crippen molar-refractivity contribution in [3.05, 3.63) is 101 Å². The highest BCUT2D eigenvalue weighted by atomic mass is 16.5. The van der Waals surface area contributed by atoms with Gasteiger partial charge in [-0.05, 0) is 42.3 Å². The van der Waals surface area contributed by atoms with Crippen molar-refractivity contribution in [2.45, 2.75) is 6.42 Å². The number of Topliss-reactive ketones (excluding diaryl/α,β-unsaturated/α-hetero) is 1. The van der Waals surface area contributed by atoms with E-state index in [0.29, 0.717) is 33.9 Å². The molecule has 0 spiro atoms. The fourth-order valence-electron chi connectivity index (χ4n) is 3.64. The smallest absolute Gasteiger partial charge is 0.276 e. The van der Waals surface area contributed by atoms with Crippen LogP contribution in [0.2, 0.25) is 0 Å². The maximum absolute atomic E-state index is 12.9. The molecule has 1 amide bonds. The lowest BCUT2D eigenvalue weighted by molar-refractivity contribution is 0.0990. The molecule has 2 aromatic carbocycles. The highest BCUT2D eigenvalue weighted by Gasteiger charge is 2.17. The first-order valence-electron chi connectivity index (χ1n) is 11.0. The number of benzene rings is 2. The number of amides is 1. The van der Waals surface area contributed by atoms with Crippen LogP contribution in [0.5, 0.6) is 5.75 Å². The van der Waals surface area contributed by atoms with E-state index in [0.717, 1.165) is 5.56 Å². The summed E-state index contributed by atoms with van der Waals surface area (Å²) in [5.74, 6) is 6.83. The number of anilines is 1. The molecule has 36 heavy (non-hydrogen) atoms. The van der Waals surface area contributed by atoms with E-state index in [1.807, 2.05) is 24.3 Å². The summed E-state index contributed by atoms with van der Waals surface area (Å²) in [4.78, 5) is 44.5. The Morgan fingerprint density at radius 2 is 1.86 bits per heavy atom. The average molecular weight is 476 g/mol. The summed E-state index contributed by atoms with van der Waals surface area (Å²) in [7, 11) is 1.58. The van der Waals surface area contributed by atoms with Gasteiger partial charge in [0.25, 0.3) is 5.91 Å². The lowest BCUT2D eigenvalue weighted by Crippen LogP contribution is -2.15. The topological polar surface area (TPSA) is 126 Å². The number of pyridine rings is 1. The minimum atomic E-state index is -0.460. The Labute approximate surface area is 206 Å². The highest BCUT2D eigenvalue weighted by molar-refractivity contribution is 6.08. The van der Waals surface area contributed by atoms with E-state index in [9.17, 15) is 9.59 Å². The minimum Gasteiger partial charge on any atom is -0.495 e. The Morgan fingerprint density at radius 1 is 1.00 bits per heavy atom. The van der Waals surface area contributed by atoms with Crippen LogP contribution in [0.3, 0.4) is 0 Å². The number of hydrogen-bond donors (Lipinski definition) is 3. The van der Waals surface area contributed by atoms with Gasteiger partial charge < -0.3 is 14.7 Å². The lowest BCUT2D eigenvalue weighted by Gasteiger charge is -2.02. The van der Waals surface area contributed by atoms with Gasteiger partial charge in [-0.2, -0.15) is 0 Å². The Hall–Kier alpha value is -5.23. The average Bonchev–Trinajstić information content (AvgIpc) is 3.57. The number of ketones is 1. The summed E-state index contributed by atoms with van der Waals surface area (Å²) in [6, 6.07) is 17.7. The molecule has 3 aromatic heterocycles. The summed E-state index contributed by atoms with van der Waals surface area (Å²) < 4.78 is 5.31. The van der Waals surface area contributed by atoms with Crippen LogP contribution >= 0.6 is 0 Å². The minimum absolute atomic E-state index is 0.118. The Kier molecular flexibility index (Phi) is 6.23. The third-order valence-corrected chi connectivity index (χ3v) is 5.34. The third kappa shape index (κ3) is 4.83. The molecule has 9 heteroatoms. The van der Waals surface area contributed by atoms with Crippen LogP contribution < -0.4 is 10.1 Å². The number of aromatic amines is 2. The molecule has 0 saturated heterocycles. The van der Waals surface area contributed by atoms with Crippen LogP contribution in [0.1, 0.15) is 37.9 Å². The molecule has 0 aliphatic heterocycles.